The third-order valence-corrected chi connectivity index (χ3v) is 3.11. The van der Waals surface area contributed by atoms with Gasteiger partial charge in [0.1, 0.15) is 0 Å². The third-order valence-electron chi connectivity index (χ3n) is 1.74. The predicted molar refractivity (Wildman–Crippen MR) is 64.4 cm³/mol. The minimum absolute atomic E-state index is 1.03. The summed E-state index contributed by atoms with van der Waals surface area (Å²) in [5, 5.41) is 4.08. The maximum atomic E-state index is 3.46. The highest BCUT2D eigenvalue weighted by Crippen LogP contribution is 2.14. The minimum atomic E-state index is 1.03. The molecule has 68 valence electrons. The van der Waals surface area contributed by atoms with Crippen LogP contribution in [0.2, 0.25) is 0 Å². The van der Waals surface area contributed by atoms with Gasteiger partial charge >= 0.3 is 0 Å². The van der Waals surface area contributed by atoms with Crippen LogP contribution in [0.1, 0.15) is 11.1 Å². The first-order chi connectivity index (χ1) is 6.86. The molecule has 0 atom stereocenters. The van der Waals surface area contributed by atoms with E-state index in [1.807, 2.05) is 41.1 Å². The fraction of sp³-hybridized carbons (Fsp3) is 0. The van der Waals surface area contributed by atoms with E-state index in [1.54, 1.807) is 11.3 Å². The summed E-state index contributed by atoms with van der Waals surface area (Å²) in [5.74, 6) is 6.24. The van der Waals surface area contributed by atoms with E-state index in [-0.39, 0.29) is 0 Å². The summed E-state index contributed by atoms with van der Waals surface area (Å²) < 4.78 is 1.04. The molecule has 2 aromatic rings. The van der Waals surface area contributed by atoms with Gasteiger partial charge in [0.2, 0.25) is 0 Å². The van der Waals surface area contributed by atoms with Crippen LogP contribution in [0.25, 0.3) is 0 Å². The second-order valence-electron chi connectivity index (χ2n) is 2.74. The molecule has 0 aliphatic rings. The molecule has 0 radical (unpaired) electrons. The number of hydrogen-bond donors (Lipinski definition) is 0. The lowest BCUT2D eigenvalue weighted by atomic mass is 10.2. The van der Waals surface area contributed by atoms with Crippen LogP contribution in [-0.2, 0) is 0 Å². The highest BCUT2D eigenvalue weighted by Gasteiger charge is 1.92. The van der Waals surface area contributed by atoms with E-state index in [0.29, 0.717) is 0 Å². The Morgan fingerprint density at radius 2 is 1.93 bits per heavy atom. The molecule has 0 N–H and O–H groups in total. The maximum absolute atomic E-state index is 3.46. The van der Waals surface area contributed by atoms with E-state index in [9.17, 15) is 0 Å². The first kappa shape index (κ1) is 9.51. The number of halogens is 1. The fourth-order valence-corrected chi connectivity index (χ4v) is 2.01. The summed E-state index contributed by atoms with van der Waals surface area (Å²) in [4.78, 5) is 0. The van der Waals surface area contributed by atoms with Gasteiger partial charge in [0, 0.05) is 21.0 Å². The molecule has 2 heteroatoms. The smallest absolute Gasteiger partial charge is 0.0391 e. The molecule has 0 amide bonds. The quantitative estimate of drug-likeness (QED) is 0.632. The largest absolute Gasteiger partial charge is 0.151 e. The van der Waals surface area contributed by atoms with Crippen molar-refractivity contribution in [3.63, 3.8) is 0 Å². The molecule has 1 heterocycles. The van der Waals surface area contributed by atoms with Crippen molar-refractivity contribution in [2.75, 3.05) is 0 Å². The minimum Gasteiger partial charge on any atom is -0.151 e. The van der Waals surface area contributed by atoms with Gasteiger partial charge in [0.25, 0.3) is 0 Å². The third kappa shape index (κ3) is 2.25. The van der Waals surface area contributed by atoms with Crippen molar-refractivity contribution >= 4 is 27.3 Å². The van der Waals surface area contributed by atoms with Crippen molar-refractivity contribution in [1.82, 2.24) is 0 Å². The van der Waals surface area contributed by atoms with Gasteiger partial charge in [-0.05, 0) is 39.5 Å². The molecule has 0 nitrogen and oxygen atoms in total. The lowest BCUT2D eigenvalue weighted by Crippen LogP contribution is -1.75. The van der Waals surface area contributed by atoms with Crippen LogP contribution in [-0.4, -0.2) is 0 Å². The molecule has 0 fully saturated rings. The van der Waals surface area contributed by atoms with Crippen molar-refractivity contribution in [2.24, 2.45) is 0 Å². The summed E-state index contributed by atoms with van der Waals surface area (Å²) in [6.07, 6.45) is 0. The van der Waals surface area contributed by atoms with E-state index in [0.717, 1.165) is 15.6 Å². The summed E-state index contributed by atoms with van der Waals surface area (Å²) in [6, 6.07) is 10.00. The van der Waals surface area contributed by atoms with Crippen LogP contribution in [0, 0.1) is 11.8 Å². The van der Waals surface area contributed by atoms with Crippen LogP contribution in [0.4, 0.5) is 0 Å². The molecule has 0 saturated carbocycles. The first-order valence-electron chi connectivity index (χ1n) is 4.15. The van der Waals surface area contributed by atoms with E-state index >= 15 is 0 Å². The highest BCUT2D eigenvalue weighted by molar-refractivity contribution is 9.10. The van der Waals surface area contributed by atoms with Gasteiger partial charge < -0.3 is 0 Å². The number of rotatable bonds is 0. The Hall–Kier alpha value is -1.04. The fourth-order valence-electron chi connectivity index (χ4n) is 1.04. The van der Waals surface area contributed by atoms with Gasteiger partial charge in [0.15, 0.2) is 0 Å². The first-order valence-corrected chi connectivity index (χ1v) is 5.88. The SMILES string of the molecule is Brc1ccccc1C#Cc1ccsc1. The van der Waals surface area contributed by atoms with Crippen LogP contribution >= 0.6 is 27.3 Å². The molecule has 1 aromatic carbocycles. The van der Waals surface area contributed by atoms with Crippen LogP contribution in [0.3, 0.4) is 0 Å². The monoisotopic (exact) mass is 262 g/mol. The van der Waals surface area contributed by atoms with Crippen molar-refractivity contribution in [2.45, 2.75) is 0 Å². The molecule has 1 aromatic heterocycles. The predicted octanol–water partition coefficient (Wildman–Crippen LogP) is 3.91. The van der Waals surface area contributed by atoms with E-state index in [1.165, 1.54) is 0 Å². The van der Waals surface area contributed by atoms with Gasteiger partial charge in [-0.2, -0.15) is 11.3 Å². The maximum Gasteiger partial charge on any atom is 0.0391 e. The van der Waals surface area contributed by atoms with E-state index in [4.69, 9.17) is 0 Å². The van der Waals surface area contributed by atoms with Gasteiger partial charge in [-0.25, -0.2) is 0 Å². The second kappa shape index (κ2) is 4.45. The standard InChI is InChI=1S/C12H7BrS/c13-12-4-2-1-3-11(12)6-5-10-7-8-14-9-10/h1-4,7-9H. The lowest BCUT2D eigenvalue weighted by Gasteiger charge is -1.92. The number of thiophene rings is 1. The molecule has 14 heavy (non-hydrogen) atoms. The summed E-state index contributed by atoms with van der Waals surface area (Å²) in [6.45, 7) is 0. The zero-order chi connectivity index (χ0) is 9.80. The normalized spacial score (nSPS) is 9.21. The molecule has 0 saturated heterocycles. The molecule has 0 aliphatic carbocycles. The Morgan fingerprint density at radius 3 is 2.64 bits per heavy atom. The van der Waals surface area contributed by atoms with Gasteiger partial charge in [-0.15, -0.1) is 0 Å². The molecule has 0 unspecified atom stereocenters. The summed E-state index contributed by atoms with van der Waals surface area (Å²) >= 11 is 5.13. The topological polar surface area (TPSA) is 0 Å². The molecular weight excluding hydrogens is 256 g/mol. The van der Waals surface area contributed by atoms with Crippen molar-refractivity contribution in [3.05, 3.63) is 56.7 Å². The van der Waals surface area contributed by atoms with Gasteiger partial charge in [-0.3, -0.25) is 0 Å². The Labute approximate surface area is 95.7 Å². The molecular formula is C12H7BrS. The summed E-state index contributed by atoms with van der Waals surface area (Å²) in [5.41, 5.74) is 2.10. The lowest BCUT2D eigenvalue weighted by molar-refractivity contribution is 1.59. The Morgan fingerprint density at radius 1 is 1.07 bits per heavy atom. The van der Waals surface area contributed by atoms with E-state index < -0.39 is 0 Å². The van der Waals surface area contributed by atoms with Crippen molar-refractivity contribution < 1.29 is 0 Å². The summed E-state index contributed by atoms with van der Waals surface area (Å²) in [7, 11) is 0. The van der Waals surface area contributed by atoms with Crippen molar-refractivity contribution in [3.8, 4) is 11.8 Å². The zero-order valence-electron chi connectivity index (χ0n) is 7.33. The van der Waals surface area contributed by atoms with Crippen LogP contribution in [0.5, 0.6) is 0 Å². The molecule has 2 rings (SSSR count). The molecule has 0 bridgehead atoms. The number of benzene rings is 1. The average molecular weight is 263 g/mol. The second-order valence-corrected chi connectivity index (χ2v) is 4.38. The zero-order valence-corrected chi connectivity index (χ0v) is 9.73. The Balaban J connectivity index is 2.31. The van der Waals surface area contributed by atoms with E-state index in [2.05, 4.69) is 27.8 Å². The average Bonchev–Trinajstić information content (AvgIpc) is 2.69. The Kier molecular flexibility index (Phi) is 3.03. The van der Waals surface area contributed by atoms with Gasteiger partial charge in [-0.1, -0.05) is 24.0 Å². The highest BCUT2D eigenvalue weighted by atomic mass is 79.9. The van der Waals surface area contributed by atoms with Gasteiger partial charge in [0.05, 0.1) is 0 Å². The molecule has 0 spiro atoms. The van der Waals surface area contributed by atoms with Crippen LogP contribution in [0.15, 0.2) is 45.6 Å². The van der Waals surface area contributed by atoms with Crippen LogP contribution < -0.4 is 0 Å². The number of hydrogen-bond acceptors (Lipinski definition) is 1. The molecule has 0 aliphatic heterocycles. The Bertz CT molecular complexity index is 475. The van der Waals surface area contributed by atoms with Crippen molar-refractivity contribution in [1.29, 1.82) is 0 Å².